The lowest BCUT2D eigenvalue weighted by molar-refractivity contribution is -0.109. The van der Waals surface area contributed by atoms with Gasteiger partial charge >= 0.3 is 0 Å². The molecule has 0 saturated carbocycles. The van der Waals surface area contributed by atoms with Crippen molar-refractivity contribution >= 4 is 16.9 Å². The van der Waals surface area contributed by atoms with Crippen LogP contribution in [0, 0.1) is 0 Å². The molecule has 2 N–H and O–H groups in total. The predicted octanol–water partition coefficient (Wildman–Crippen LogP) is 2.54. The van der Waals surface area contributed by atoms with Crippen LogP contribution in [0.25, 0.3) is 0 Å². The summed E-state index contributed by atoms with van der Waals surface area (Å²) < 4.78 is 5.63. The summed E-state index contributed by atoms with van der Waals surface area (Å²) >= 11 is 1.15. The van der Waals surface area contributed by atoms with Crippen molar-refractivity contribution in [3.8, 4) is 5.75 Å². The number of ether oxygens (including phenoxy) is 1. The van der Waals surface area contributed by atoms with Gasteiger partial charge in [-0.3, -0.25) is 4.79 Å². The van der Waals surface area contributed by atoms with Gasteiger partial charge in [0.15, 0.2) is 5.12 Å². The van der Waals surface area contributed by atoms with Crippen LogP contribution in [0.5, 0.6) is 5.75 Å². The largest absolute Gasteiger partial charge is 0.491 e. The first-order valence-electron chi connectivity index (χ1n) is 6.67. The lowest BCUT2D eigenvalue weighted by atomic mass is 10.0. The third kappa shape index (κ3) is 5.53. The Hall–Kier alpha value is -1.04. The van der Waals surface area contributed by atoms with Crippen LogP contribution in [-0.4, -0.2) is 33.3 Å². The Morgan fingerprint density at radius 3 is 2.55 bits per heavy atom. The Morgan fingerprint density at radius 1 is 1.30 bits per heavy atom. The van der Waals surface area contributed by atoms with Crippen molar-refractivity contribution in [2.75, 3.05) is 5.75 Å². The highest BCUT2D eigenvalue weighted by Gasteiger charge is 2.22. The van der Waals surface area contributed by atoms with E-state index in [0.717, 1.165) is 11.8 Å². The van der Waals surface area contributed by atoms with E-state index in [4.69, 9.17) is 4.74 Å². The fraction of sp³-hybridized carbons (Fsp3) is 0.533. The highest BCUT2D eigenvalue weighted by atomic mass is 32.2. The zero-order chi connectivity index (χ0) is 15.1. The van der Waals surface area contributed by atoms with Gasteiger partial charge in [-0.15, -0.1) is 0 Å². The van der Waals surface area contributed by atoms with E-state index in [0.29, 0.717) is 23.5 Å². The van der Waals surface area contributed by atoms with E-state index in [1.54, 1.807) is 18.2 Å². The third-order valence-corrected chi connectivity index (χ3v) is 3.53. The molecular weight excluding hydrogens is 276 g/mol. The van der Waals surface area contributed by atoms with Crippen molar-refractivity contribution < 1.29 is 19.7 Å². The molecule has 1 rings (SSSR count). The summed E-state index contributed by atoms with van der Waals surface area (Å²) in [4.78, 5) is 10.8. The molecule has 2 unspecified atom stereocenters. The zero-order valence-electron chi connectivity index (χ0n) is 12.1. The number of hydrogen-bond acceptors (Lipinski definition) is 5. The van der Waals surface area contributed by atoms with Crippen LogP contribution in [0.3, 0.4) is 0 Å². The fourth-order valence-electron chi connectivity index (χ4n) is 1.77. The Balaban J connectivity index is 2.70. The maximum atomic E-state index is 10.8. The molecule has 0 spiro atoms. The van der Waals surface area contributed by atoms with E-state index in [1.165, 1.54) is 6.92 Å². The van der Waals surface area contributed by atoms with E-state index in [1.807, 2.05) is 19.9 Å². The highest BCUT2D eigenvalue weighted by Crippen LogP contribution is 2.29. The standard InChI is InChI=1S/C15H22O4S/c1-10(2)19-14-7-5-4-6-12(14)15(18)13(17)8-9-20-11(3)16/h4-7,10,13,15,17-18H,8-9H2,1-3H3. The minimum atomic E-state index is -1.02. The van der Waals surface area contributed by atoms with Gasteiger partial charge in [-0.2, -0.15) is 0 Å². The first-order valence-corrected chi connectivity index (χ1v) is 7.65. The lowest BCUT2D eigenvalue weighted by Gasteiger charge is -2.21. The molecule has 1 aromatic rings. The summed E-state index contributed by atoms with van der Waals surface area (Å²) in [5, 5.41) is 20.2. The molecule has 20 heavy (non-hydrogen) atoms. The number of rotatable bonds is 7. The number of para-hydroxylation sites is 1. The van der Waals surface area contributed by atoms with Crippen molar-refractivity contribution in [2.24, 2.45) is 0 Å². The predicted molar refractivity (Wildman–Crippen MR) is 80.9 cm³/mol. The van der Waals surface area contributed by atoms with Crippen molar-refractivity contribution in [1.29, 1.82) is 0 Å². The molecule has 0 saturated heterocycles. The normalized spacial score (nSPS) is 14.1. The van der Waals surface area contributed by atoms with Gasteiger partial charge in [0.05, 0.1) is 12.2 Å². The van der Waals surface area contributed by atoms with Gasteiger partial charge in [-0.1, -0.05) is 30.0 Å². The van der Waals surface area contributed by atoms with Crippen LogP contribution in [0.15, 0.2) is 24.3 Å². The van der Waals surface area contributed by atoms with Gasteiger partial charge < -0.3 is 14.9 Å². The molecule has 0 fully saturated rings. The number of benzene rings is 1. The second-order valence-electron chi connectivity index (χ2n) is 4.85. The number of aliphatic hydroxyl groups is 2. The van der Waals surface area contributed by atoms with E-state index < -0.39 is 12.2 Å². The highest BCUT2D eigenvalue weighted by molar-refractivity contribution is 8.13. The van der Waals surface area contributed by atoms with Crippen molar-refractivity contribution in [3.05, 3.63) is 29.8 Å². The molecule has 112 valence electrons. The minimum absolute atomic E-state index is 0.00578. The molecule has 0 radical (unpaired) electrons. The van der Waals surface area contributed by atoms with E-state index in [2.05, 4.69) is 0 Å². The average Bonchev–Trinajstić information content (AvgIpc) is 2.37. The molecule has 4 nitrogen and oxygen atoms in total. The molecule has 0 aliphatic carbocycles. The number of carbonyl (C=O) groups excluding carboxylic acids is 1. The van der Waals surface area contributed by atoms with Gasteiger partial charge in [-0.05, 0) is 26.3 Å². The molecule has 0 aromatic heterocycles. The van der Waals surface area contributed by atoms with E-state index >= 15 is 0 Å². The zero-order valence-corrected chi connectivity index (χ0v) is 12.9. The van der Waals surface area contributed by atoms with E-state index in [-0.39, 0.29) is 11.2 Å². The van der Waals surface area contributed by atoms with Gasteiger partial charge in [-0.25, -0.2) is 0 Å². The van der Waals surface area contributed by atoms with Crippen molar-refractivity contribution in [3.63, 3.8) is 0 Å². The monoisotopic (exact) mass is 298 g/mol. The average molecular weight is 298 g/mol. The summed E-state index contributed by atoms with van der Waals surface area (Å²) in [6.07, 6.45) is -1.59. The Morgan fingerprint density at radius 2 is 1.95 bits per heavy atom. The molecule has 0 aliphatic heterocycles. The first kappa shape index (κ1) is 17.0. The van der Waals surface area contributed by atoms with Crippen LogP contribution in [-0.2, 0) is 4.79 Å². The first-order chi connectivity index (χ1) is 9.41. The van der Waals surface area contributed by atoms with Gasteiger partial charge in [0.2, 0.25) is 0 Å². The summed E-state index contributed by atoms with van der Waals surface area (Å²) in [7, 11) is 0. The molecule has 5 heteroatoms. The van der Waals surface area contributed by atoms with Gasteiger partial charge in [0, 0.05) is 18.2 Å². The molecule has 0 amide bonds. The van der Waals surface area contributed by atoms with Crippen LogP contribution in [0.2, 0.25) is 0 Å². The number of carbonyl (C=O) groups is 1. The molecule has 0 aliphatic rings. The summed E-state index contributed by atoms with van der Waals surface area (Å²) in [6.45, 7) is 5.30. The Bertz CT molecular complexity index is 434. The molecular formula is C15H22O4S. The minimum Gasteiger partial charge on any atom is -0.491 e. The second kappa shape index (κ2) is 8.29. The number of hydrogen-bond donors (Lipinski definition) is 2. The molecule has 2 atom stereocenters. The summed E-state index contributed by atoms with van der Waals surface area (Å²) in [5.74, 6) is 1.06. The van der Waals surface area contributed by atoms with Crippen molar-refractivity contribution in [2.45, 2.75) is 45.5 Å². The van der Waals surface area contributed by atoms with Crippen LogP contribution < -0.4 is 4.74 Å². The maximum Gasteiger partial charge on any atom is 0.185 e. The van der Waals surface area contributed by atoms with Crippen LogP contribution in [0.4, 0.5) is 0 Å². The third-order valence-electron chi connectivity index (χ3n) is 2.68. The number of thioether (sulfide) groups is 1. The van der Waals surface area contributed by atoms with Crippen LogP contribution >= 0.6 is 11.8 Å². The Kier molecular flexibility index (Phi) is 7.05. The Labute approximate surface area is 124 Å². The van der Waals surface area contributed by atoms with Gasteiger partial charge in [0.1, 0.15) is 11.9 Å². The number of aliphatic hydroxyl groups excluding tert-OH is 2. The second-order valence-corrected chi connectivity index (χ2v) is 6.12. The molecule has 0 heterocycles. The van der Waals surface area contributed by atoms with Crippen LogP contribution in [0.1, 0.15) is 38.9 Å². The quantitative estimate of drug-likeness (QED) is 0.810. The fourth-order valence-corrected chi connectivity index (χ4v) is 2.42. The smallest absolute Gasteiger partial charge is 0.185 e. The van der Waals surface area contributed by atoms with Gasteiger partial charge in [0.25, 0.3) is 0 Å². The lowest BCUT2D eigenvalue weighted by Crippen LogP contribution is -2.20. The van der Waals surface area contributed by atoms with Crippen molar-refractivity contribution in [1.82, 2.24) is 0 Å². The summed E-state index contributed by atoms with van der Waals surface area (Å²) in [6, 6.07) is 7.13. The topological polar surface area (TPSA) is 66.8 Å². The molecule has 0 bridgehead atoms. The molecule has 1 aromatic carbocycles. The van der Waals surface area contributed by atoms with E-state index in [9.17, 15) is 15.0 Å². The summed E-state index contributed by atoms with van der Waals surface area (Å²) in [5.41, 5.74) is 0.571. The SMILES string of the molecule is CC(=O)SCCC(O)C(O)c1ccccc1OC(C)C. The maximum absolute atomic E-state index is 10.8.